The number of aryl methyl sites for hydroxylation is 2. The van der Waals surface area contributed by atoms with Gasteiger partial charge in [-0.2, -0.15) is 0 Å². The zero-order valence-electron chi connectivity index (χ0n) is 23.8. The molecule has 3 aromatic carbocycles. The number of carbonyl (C=O) groups is 2. The van der Waals surface area contributed by atoms with Crippen LogP contribution in [0.25, 0.3) is 0 Å². The lowest BCUT2D eigenvalue weighted by Gasteiger charge is -2.33. The molecule has 7 nitrogen and oxygen atoms in total. The summed E-state index contributed by atoms with van der Waals surface area (Å²) in [6.07, 6.45) is 4.92. The van der Waals surface area contributed by atoms with E-state index in [1.165, 1.54) is 23.1 Å². The Morgan fingerprint density at radius 3 is 2.17 bits per heavy atom. The lowest BCUT2D eigenvalue weighted by molar-refractivity contribution is -0.139. The van der Waals surface area contributed by atoms with Gasteiger partial charge in [-0.15, -0.1) is 0 Å². The van der Waals surface area contributed by atoms with Crippen LogP contribution in [-0.4, -0.2) is 43.8 Å². The molecule has 0 radical (unpaired) electrons. The van der Waals surface area contributed by atoms with E-state index < -0.39 is 34.3 Å². The molecule has 3 aromatic rings. The first-order valence-corrected chi connectivity index (χ1v) is 15.5. The highest BCUT2D eigenvalue weighted by Crippen LogP contribution is 2.27. The normalized spacial score (nSPS) is 14.7. The van der Waals surface area contributed by atoms with E-state index in [1.807, 2.05) is 19.9 Å². The molecule has 1 aliphatic rings. The van der Waals surface area contributed by atoms with Crippen molar-refractivity contribution in [3.8, 4) is 0 Å². The molecule has 9 heteroatoms. The fourth-order valence-corrected chi connectivity index (χ4v) is 6.72. The fourth-order valence-electron chi connectivity index (χ4n) is 5.30. The van der Waals surface area contributed by atoms with Crippen molar-refractivity contribution in [3.63, 3.8) is 0 Å². The Labute approximate surface area is 242 Å². The van der Waals surface area contributed by atoms with E-state index in [0.29, 0.717) is 5.69 Å². The van der Waals surface area contributed by atoms with E-state index in [0.717, 1.165) is 47.5 Å². The van der Waals surface area contributed by atoms with Gasteiger partial charge in [-0.1, -0.05) is 61.7 Å². The summed E-state index contributed by atoms with van der Waals surface area (Å²) in [5.74, 6) is -1.46. The Bertz CT molecular complexity index is 1450. The molecule has 0 unspecified atom stereocenters. The van der Waals surface area contributed by atoms with Crippen LogP contribution in [-0.2, 0) is 26.2 Å². The summed E-state index contributed by atoms with van der Waals surface area (Å²) in [4.78, 5) is 28.7. The molecule has 0 bridgehead atoms. The summed E-state index contributed by atoms with van der Waals surface area (Å²) in [6.45, 7) is 4.57. The molecule has 1 aliphatic carbocycles. The number of sulfonamides is 1. The van der Waals surface area contributed by atoms with Crippen LogP contribution in [0.4, 0.5) is 10.1 Å². The van der Waals surface area contributed by atoms with Crippen molar-refractivity contribution in [2.24, 2.45) is 0 Å². The second-order valence-corrected chi connectivity index (χ2v) is 12.7. The second-order valence-electron chi connectivity index (χ2n) is 10.8. The molecule has 0 aromatic heterocycles. The number of amides is 2. The minimum atomic E-state index is -4.15. The van der Waals surface area contributed by atoms with Crippen LogP contribution in [0.3, 0.4) is 0 Å². The third-order valence-electron chi connectivity index (χ3n) is 7.52. The van der Waals surface area contributed by atoms with Gasteiger partial charge in [0.25, 0.3) is 10.0 Å². The number of benzene rings is 3. The van der Waals surface area contributed by atoms with Crippen molar-refractivity contribution < 1.29 is 22.4 Å². The largest absolute Gasteiger partial charge is 0.352 e. The molecule has 1 saturated carbocycles. The van der Waals surface area contributed by atoms with Crippen molar-refractivity contribution >= 4 is 27.5 Å². The lowest BCUT2D eigenvalue weighted by atomic mass is 9.95. The van der Waals surface area contributed by atoms with Crippen molar-refractivity contribution in [2.75, 3.05) is 10.8 Å². The Morgan fingerprint density at radius 2 is 1.54 bits per heavy atom. The monoisotopic (exact) mass is 579 g/mol. The molecule has 0 spiro atoms. The summed E-state index contributed by atoms with van der Waals surface area (Å²) in [7, 11) is -4.15. The van der Waals surface area contributed by atoms with Gasteiger partial charge in [-0.05, 0) is 75.1 Å². The maximum absolute atomic E-state index is 14.7. The maximum atomic E-state index is 14.7. The van der Waals surface area contributed by atoms with Crippen molar-refractivity contribution in [2.45, 2.75) is 76.4 Å². The van der Waals surface area contributed by atoms with Gasteiger partial charge < -0.3 is 10.2 Å². The van der Waals surface area contributed by atoms with Crippen molar-refractivity contribution in [1.29, 1.82) is 0 Å². The summed E-state index contributed by atoms with van der Waals surface area (Å²) < 4.78 is 43.6. The standard InChI is InChI=1S/C32H38FN3O4S/c1-23-18-24(2)20-28(19-23)36(41(39,40)29-15-8-5-9-16-29)22-31(37)35(21-26-12-10-11-17-30(26)33)25(3)32(38)34-27-13-6-4-7-14-27/h5,8-12,15-20,25,27H,4,6-7,13-14,21-22H2,1-3H3,(H,34,38)/t25-/m1/s1. The average Bonchev–Trinajstić information content (AvgIpc) is 2.95. The number of anilines is 1. The molecular weight excluding hydrogens is 541 g/mol. The van der Waals surface area contributed by atoms with Gasteiger partial charge in [0.1, 0.15) is 18.4 Å². The number of hydrogen-bond donors (Lipinski definition) is 1. The highest BCUT2D eigenvalue weighted by atomic mass is 32.2. The summed E-state index contributed by atoms with van der Waals surface area (Å²) >= 11 is 0. The highest BCUT2D eigenvalue weighted by Gasteiger charge is 2.33. The van der Waals surface area contributed by atoms with Crippen LogP contribution < -0.4 is 9.62 Å². The Hall–Kier alpha value is -3.72. The van der Waals surface area contributed by atoms with Crippen LogP contribution in [0.1, 0.15) is 55.7 Å². The van der Waals surface area contributed by atoms with Gasteiger partial charge in [0.2, 0.25) is 11.8 Å². The SMILES string of the molecule is Cc1cc(C)cc(N(CC(=O)N(Cc2ccccc2F)[C@H](C)C(=O)NC2CCCCC2)S(=O)(=O)c2ccccc2)c1. The Balaban J connectivity index is 1.70. The third kappa shape index (κ3) is 7.52. The first-order valence-electron chi connectivity index (χ1n) is 14.1. The number of hydrogen-bond acceptors (Lipinski definition) is 4. The van der Waals surface area contributed by atoms with E-state index >= 15 is 0 Å². The van der Waals surface area contributed by atoms with Crippen LogP contribution in [0.2, 0.25) is 0 Å². The lowest BCUT2D eigenvalue weighted by Crippen LogP contribution is -2.53. The third-order valence-corrected chi connectivity index (χ3v) is 9.31. The quantitative estimate of drug-likeness (QED) is 0.344. The van der Waals surface area contributed by atoms with Gasteiger partial charge in [0, 0.05) is 18.2 Å². The Morgan fingerprint density at radius 1 is 0.927 bits per heavy atom. The first kappa shape index (κ1) is 30.2. The van der Waals surface area contributed by atoms with Crippen molar-refractivity contribution in [3.05, 3.63) is 95.3 Å². The average molecular weight is 580 g/mol. The van der Waals surface area contributed by atoms with Gasteiger partial charge in [0.15, 0.2) is 0 Å². The molecule has 1 fully saturated rings. The minimum Gasteiger partial charge on any atom is -0.352 e. The number of nitrogens with one attached hydrogen (secondary N) is 1. The Kier molecular flexibility index (Phi) is 9.81. The van der Waals surface area contributed by atoms with E-state index in [4.69, 9.17) is 0 Å². The minimum absolute atomic E-state index is 0.0225. The van der Waals surface area contributed by atoms with Gasteiger partial charge >= 0.3 is 0 Å². The van der Waals surface area contributed by atoms with Gasteiger partial charge in [0.05, 0.1) is 10.6 Å². The molecule has 41 heavy (non-hydrogen) atoms. The topological polar surface area (TPSA) is 86.8 Å². The van der Waals surface area contributed by atoms with Gasteiger partial charge in [-0.3, -0.25) is 13.9 Å². The van der Waals surface area contributed by atoms with Gasteiger partial charge in [-0.25, -0.2) is 12.8 Å². The summed E-state index contributed by atoms with van der Waals surface area (Å²) in [6, 6.07) is 18.4. The highest BCUT2D eigenvalue weighted by molar-refractivity contribution is 7.92. The van der Waals surface area contributed by atoms with E-state index in [9.17, 15) is 22.4 Å². The molecule has 2 amide bonds. The van der Waals surface area contributed by atoms with Crippen molar-refractivity contribution in [1.82, 2.24) is 10.2 Å². The number of rotatable bonds is 10. The maximum Gasteiger partial charge on any atom is 0.264 e. The van der Waals surface area contributed by atoms with Crippen LogP contribution in [0.5, 0.6) is 0 Å². The summed E-state index contributed by atoms with van der Waals surface area (Å²) in [5, 5.41) is 3.05. The zero-order chi connectivity index (χ0) is 29.6. The molecule has 1 atom stereocenters. The van der Waals surface area contributed by atoms with E-state index in [1.54, 1.807) is 55.5 Å². The summed E-state index contributed by atoms with van der Waals surface area (Å²) in [5.41, 5.74) is 2.25. The molecule has 4 rings (SSSR count). The van der Waals surface area contributed by atoms with Crippen LogP contribution >= 0.6 is 0 Å². The number of halogens is 1. The predicted octanol–water partition coefficient (Wildman–Crippen LogP) is 5.50. The number of carbonyl (C=O) groups excluding carboxylic acids is 2. The molecule has 1 N–H and O–H groups in total. The van der Waals surface area contributed by atoms with Crippen LogP contribution in [0, 0.1) is 19.7 Å². The number of nitrogens with zero attached hydrogens (tertiary/aromatic N) is 2. The zero-order valence-corrected chi connectivity index (χ0v) is 24.7. The molecule has 0 saturated heterocycles. The molecule has 0 heterocycles. The fraction of sp³-hybridized carbons (Fsp3) is 0.375. The molecule has 0 aliphatic heterocycles. The van der Waals surface area contributed by atoms with E-state index in [2.05, 4.69) is 5.32 Å². The smallest absolute Gasteiger partial charge is 0.264 e. The molecular formula is C32H38FN3O4S. The second kappa shape index (κ2) is 13.3. The first-order chi connectivity index (χ1) is 19.6. The molecule has 218 valence electrons. The predicted molar refractivity (Wildman–Crippen MR) is 158 cm³/mol. The van der Waals surface area contributed by atoms with Crippen LogP contribution in [0.15, 0.2) is 77.7 Å². The van der Waals surface area contributed by atoms with E-state index in [-0.39, 0.29) is 29.0 Å².